The van der Waals surface area contributed by atoms with Gasteiger partial charge in [-0.3, -0.25) is 4.98 Å². The van der Waals surface area contributed by atoms with Gasteiger partial charge in [-0.05, 0) is 38.8 Å². The number of hydrogen-bond donors (Lipinski definition) is 2. The first kappa shape index (κ1) is 10.6. The summed E-state index contributed by atoms with van der Waals surface area (Å²) < 4.78 is 0. The molecule has 0 spiro atoms. The molecule has 0 aromatic carbocycles. The summed E-state index contributed by atoms with van der Waals surface area (Å²) in [5, 5.41) is 9.97. The Kier molecular flexibility index (Phi) is 2.32. The highest BCUT2D eigenvalue weighted by atomic mass is 16.3. The minimum Gasteiger partial charge on any atom is -0.384 e. The van der Waals surface area contributed by atoms with E-state index in [0.717, 1.165) is 23.4 Å². The molecule has 2 unspecified atom stereocenters. The fourth-order valence-corrected chi connectivity index (χ4v) is 1.92. The van der Waals surface area contributed by atoms with Crippen molar-refractivity contribution in [2.24, 2.45) is 5.73 Å². The molecule has 1 fully saturated rings. The number of aliphatic hydroxyl groups is 1. The standard InChI is InChI=1S/C12H18N2O/c1-7-4-5-10(8-6-9(8)13)14-11(7)12(2,3)15/h4-5,8-9,15H,6,13H2,1-3H3. The Morgan fingerprint density at radius 3 is 2.53 bits per heavy atom. The molecular weight excluding hydrogens is 188 g/mol. The molecule has 3 heteroatoms. The Balaban J connectivity index is 2.37. The van der Waals surface area contributed by atoms with Gasteiger partial charge in [0.1, 0.15) is 5.60 Å². The van der Waals surface area contributed by atoms with Gasteiger partial charge in [0, 0.05) is 17.7 Å². The van der Waals surface area contributed by atoms with Crippen LogP contribution in [0.25, 0.3) is 0 Å². The molecule has 0 amide bonds. The maximum absolute atomic E-state index is 9.97. The van der Waals surface area contributed by atoms with E-state index in [9.17, 15) is 5.11 Å². The lowest BCUT2D eigenvalue weighted by Gasteiger charge is -2.19. The van der Waals surface area contributed by atoms with Gasteiger partial charge in [-0.1, -0.05) is 6.07 Å². The second-order valence-corrected chi connectivity index (χ2v) is 4.97. The fourth-order valence-electron chi connectivity index (χ4n) is 1.92. The summed E-state index contributed by atoms with van der Waals surface area (Å²) in [6.07, 6.45) is 1.02. The molecule has 2 rings (SSSR count). The SMILES string of the molecule is Cc1ccc(C2CC2N)nc1C(C)(C)O. The number of nitrogens with two attached hydrogens (primary N) is 1. The van der Waals surface area contributed by atoms with Gasteiger partial charge >= 0.3 is 0 Å². The Morgan fingerprint density at radius 2 is 2.07 bits per heavy atom. The van der Waals surface area contributed by atoms with E-state index in [1.54, 1.807) is 13.8 Å². The first-order valence-corrected chi connectivity index (χ1v) is 5.35. The highest BCUT2D eigenvalue weighted by molar-refractivity contribution is 5.30. The van der Waals surface area contributed by atoms with Crippen molar-refractivity contribution in [2.45, 2.75) is 44.8 Å². The van der Waals surface area contributed by atoms with E-state index in [1.807, 2.05) is 19.1 Å². The van der Waals surface area contributed by atoms with Crippen LogP contribution in [0.4, 0.5) is 0 Å². The lowest BCUT2D eigenvalue weighted by atomic mass is 9.99. The first-order valence-electron chi connectivity index (χ1n) is 5.35. The van der Waals surface area contributed by atoms with Crippen LogP contribution in [0, 0.1) is 6.92 Å². The average molecular weight is 206 g/mol. The summed E-state index contributed by atoms with van der Waals surface area (Å²) in [6.45, 7) is 5.49. The minimum absolute atomic E-state index is 0.259. The maximum Gasteiger partial charge on any atom is 0.101 e. The van der Waals surface area contributed by atoms with Crippen molar-refractivity contribution in [3.8, 4) is 0 Å². The van der Waals surface area contributed by atoms with Crippen molar-refractivity contribution < 1.29 is 5.11 Å². The number of aryl methyl sites for hydroxylation is 1. The molecule has 1 heterocycles. The topological polar surface area (TPSA) is 59.1 Å². The van der Waals surface area contributed by atoms with Gasteiger partial charge in [-0.15, -0.1) is 0 Å². The van der Waals surface area contributed by atoms with Gasteiger partial charge in [-0.2, -0.15) is 0 Å². The van der Waals surface area contributed by atoms with E-state index in [-0.39, 0.29) is 6.04 Å². The highest BCUT2D eigenvalue weighted by Crippen LogP contribution is 2.38. The Bertz CT molecular complexity index is 382. The van der Waals surface area contributed by atoms with E-state index >= 15 is 0 Å². The average Bonchev–Trinajstić information content (AvgIpc) is 2.81. The molecule has 3 N–H and O–H groups in total. The van der Waals surface area contributed by atoms with Gasteiger partial charge in [-0.25, -0.2) is 0 Å². The number of rotatable bonds is 2. The van der Waals surface area contributed by atoms with E-state index < -0.39 is 5.60 Å². The van der Waals surface area contributed by atoms with Crippen LogP contribution in [0.5, 0.6) is 0 Å². The second kappa shape index (κ2) is 3.29. The third kappa shape index (κ3) is 2.03. The Hall–Kier alpha value is -0.930. The van der Waals surface area contributed by atoms with Gasteiger partial charge < -0.3 is 10.8 Å². The summed E-state index contributed by atoms with van der Waals surface area (Å²) in [5.41, 5.74) is 7.73. The maximum atomic E-state index is 9.97. The van der Waals surface area contributed by atoms with E-state index in [0.29, 0.717) is 5.92 Å². The monoisotopic (exact) mass is 206 g/mol. The number of pyridine rings is 1. The van der Waals surface area contributed by atoms with Crippen LogP contribution in [0.2, 0.25) is 0 Å². The quantitative estimate of drug-likeness (QED) is 0.769. The molecule has 1 saturated carbocycles. The van der Waals surface area contributed by atoms with E-state index in [2.05, 4.69) is 4.98 Å². The van der Waals surface area contributed by atoms with E-state index in [4.69, 9.17) is 5.73 Å². The van der Waals surface area contributed by atoms with Gasteiger partial charge in [0.2, 0.25) is 0 Å². The predicted molar refractivity (Wildman–Crippen MR) is 59.6 cm³/mol. The van der Waals surface area contributed by atoms with Crippen molar-refractivity contribution in [3.63, 3.8) is 0 Å². The molecule has 1 aliphatic carbocycles. The van der Waals surface area contributed by atoms with Crippen LogP contribution in [0.3, 0.4) is 0 Å². The van der Waals surface area contributed by atoms with Crippen molar-refractivity contribution in [2.75, 3.05) is 0 Å². The zero-order valence-electron chi connectivity index (χ0n) is 9.49. The number of nitrogens with zero attached hydrogens (tertiary/aromatic N) is 1. The van der Waals surface area contributed by atoms with E-state index in [1.165, 1.54) is 0 Å². The van der Waals surface area contributed by atoms with Crippen molar-refractivity contribution in [1.29, 1.82) is 0 Å². The van der Waals surface area contributed by atoms with Gasteiger partial charge in [0.15, 0.2) is 0 Å². The van der Waals surface area contributed by atoms with Crippen LogP contribution < -0.4 is 5.73 Å². The van der Waals surface area contributed by atoms with Crippen LogP contribution in [-0.2, 0) is 5.60 Å². The summed E-state index contributed by atoms with van der Waals surface area (Å²) in [4.78, 5) is 4.53. The molecule has 2 atom stereocenters. The summed E-state index contributed by atoms with van der Waals surface area (Å²) in [5.74, 6) is 0.395. The molecule has 0 bridgehead atoms. The summed E-state index contributed by atoms with van der Waals surface area (Å²) >= 11 is 0. The first-order chi connectivity index (χ1) is 6.89. The third-order valence-corrected chi connectivity index (χ3v) is 2.92. The Labute approximate surface area is 90.3 Å². The van der Waals surface area contributed by atoms with Crippen LogP contribution in [0.15, 0.2) is 12.1 Å². The lowest BCUT2D eigenvalue weighted by molar-refractivity contribution is 0.0729. The highest BCUT2D eigenvalue weighted by Gasteiger charge is 2.36. The smallest absolute Gasteiger partial charge is 0.101 e. The molecule has 1 aromatic rings. The molecule has 15 heavy (non-hydrogen) atoms. The van der Waals surface area contributed by atoms with Crippen LogP contribution in [-0.4, -0.2) is 16.1 Å². The molecule has 0 radical (unpaired) electrons. The van der Waals surface area contributed by atoms with Crippen molar-refractivity contribution >= 4 is 0 Å². The van der Waals surface area contributed by atoms with Crippen LogP contribution in [0.1, 0.15) is 43.1 Å². The second-order valence-electron chi connectivity index (χ2n) is 4.97. The lowest BCUT2D eigenvalue weighted by Crippen LogP contribution is -2.20. The molecule has 0 saturated heterocycles. The van der Waals surface area contributed by atoms with Gasteiger partial charge in [0.05, 0.1) is 5.69 Å². The predicted octanol–water partition coefficient (Wildman–Crippen LogP) is 1.43. The van der Waals surface area contributed by atoms with Gasteiger partial charge in [0.25, 0.3) is 0 Å². The molecule has 0 aliphatic heterocycles. The zero-order chi connectivity index (χ0) is 11.2. The fraction of sp³-hybridized carbons (Fsp3) is 0.583. The Morgan fingerprint density at radius 1 is 1.47 bits per heavy atom. The minimum atomic E-state index is -0.876. The summed E-state index contributed by atoms with van der Waals surface area (Å²) in [6, 6.07) is 4.29. The molecule has 3 nitrogen and oxygen atoms in total. The zero-order valence-corrected chi connectivity index (χ0v) is 9.49. The summed E-state index contributed by atoms with van der Waals surface area (Å²) in [7, 11) is 0. The molecule has 82 valence electrons. The van der Waals surface area contributed by atoms with Crippen LogP contribution >= 0.6 is 0 Å². The van der Waals surface area contributed by atoms with Crippen molar-refractivity contribution in [3.05, 3.63) is 29.1 Å². The molecular formula is C12H18N2O. The molecule has 1 aromatic heterocycles. The van der Waals surface area contributed by atoms with Crippen molar-refractivity contribution in [1.82, 2.24) is 4.98 Å². The number of hydrogen-bond acceptors (Lipinski definition) is 3. The molecule has 1 aliphatic rings. The largest absolute Gasteiger partial charge is 0.384 e. The third-order valence-electron chi connectivity index (χ3n) is 2.92. The number of aromatic nitrogens is 1. The normalized spacial score (nSPS) is 25.4.